The summed E-state index contributed by atoms with van der Waals surface area (Å²) in [6.07, 6.45) is -5.81. The van der Waals surface area contributed by atoms with E-state index in [2.05, 4.69) is 41.0 Å². The number of aliphatic hydroxyl groups excluding tert-OH is 2. The molecule has 0 spiro atoms. The van der Waals surface area contributed by atoms with Gasteiger partial charge >= 0.3 is 23.5 Å². The predicted octanol–water partition coefficient (Wildman–Crippen LogP) is -1.45. The highest BCUT2D eigenvalue weighted by atomic mass is 31.3. The molecule has 0 saturated carbocycles. The van der Waals surface area contributed by atoms with Crippen LogP contribution in [0.25, 0.3) is 11.2 Å². The number of imidazole rings is 1. The number of hydrogen-bond acceptors (Lipinski definition) is 17. The van der Waals surface area contributed by atoms with Crippen molar-refractivity contribution < 1.29 is 80.5 Å². The monoisotopic (exact) mass is 789 g/mol. The van der Waals surface area contributed by atoms with Crippen molar-refractivity contribution >= 4 is 58.0 Å². The number of rotatable bonds is 20. The second kappa shape index (κ2) is 17.2. The lowest BCUT2D eigenvalue weighted by Crippen LogP contribution is -2.46. The number of ether oxygens (including phenoxy) is 1. The minimum Gasteiger partial charge on any atom is -0.386 e. The quantitative estimate of drug-likeness (QED) is 0.0547. The van der Waals surface area contributed by atoms with Crippen LogP contribution in [0.15, 0.2) is 25.3 Å². The number of anilines is 1. The first-order valence-electron chi connectivity index (χ1n) is 14.6. The second-order valence-corrected chi connectivity index (χ2v) is 15.7. The number of nitrogens with two attached hydrogens (primary N) is 1. The number of aliphatic hydroxyl groups is 2. The number of hydrogen-bond donors (Lipinski definition) is 9. The van der Waals surface area contributed by atoms with Gasteiger partial charge in [0.15, 0.2) is 23.5 Å². The lowest BCUT2D eigenvalue weighted by Gasteiger charge is -2.30. The standard InChI is InChI=1S/C24H38N7O17P3/c1-4-13(32)5-7-26-15(33)6-8-27-22(36)19(35)24(2,3)10-45-51(42,43)48-50(40,41)44-9-14-18(47-49(37,38)39)17(34)23(46-14)31-12-30-16-20(25)28-11-29-21(16)31/h4,11-12,14,17-19,23,34-35H,1,5-10H2,2-3H3,(H,26,33)(H,27,36)(H,40,41)(H,42,43)(H2,25,28,29)(H2,37,38,39). The van der Waals surface area contributed by atoms with E-state index in [1.165, 1.54) is 13.8 Å². The van der Waals surface area contributed by atoms with Crippen molar-refractivity contribution in [2.75, 3.05) is 32.0 Å². The third-order valence-corrected chi connectivity index (χ3v) is 10.1. The van der Waals surface area contributed by atoms with E-state index in [1.54, 1.807) is 0 Å². The van der Waals surface area contributed by atoms with Gasteiger partial charge in [-0.2, -0.15) is 4.31 Å². The number of nitrogens with one attached hydrogen (secondary N) is 2. The van der Waals surface area contributed by atoms with E-state index in [0.717, 1.165) is 23.3 Å². The van der Waals surface area contributed by atoms with Crippen molar-refractivity contribution in [2.45, 2.75) is 57.3 Å². The van der Waals surface area contributed by atoms with Crippen LogP contribution >= 0.6 is 23.5 Å². The van der Waals surface area contributed by atoms with Crippen LogP contribution in [0.3, 0.4) is 0 Å². The minimum atomic E-state index is -5.56. The van der Waals surface area contributed by atoms with Gasteiger partial charge < -0.3 is 50.9 Å². The molecule has 27 heteroatoms. The fraction of sp³-hybridized carbons (Fsp3) is 0.583. The molecule has 1 aliphatic rings. The maximum absolute atomic E-state index is 12.6. The minimum absolute atomic E-state index is 0.0284. The number of phosphoric ester groups is 3. The van der Waals surface area contributed by atoms with Crippen molar-refractivity contribution in [1.82, 2.24) is 30.2 Å². The Bertz CT molecular complexity index is 1740. The summed E-state index contributed by atoms with van der Waals surface area (Å²) in [6.45, 7) is 3.59. The number of allylic oxidation sites excluding steroid dienone is 1. The van der Waals surface area contributed by atoms with Gasteiger partial charge in [-0.1, -0.05) is 20.4 Å². The van der Waals surface area contributed by atoms with Gasteiger partial charge in [0.1, 0.15) is 36.3 Å². The smallest absolute Gasteiger partial charge is 0.386 e. The molecule has 1 saturated heterocycles. The van der Waals surface area contributed by atoms with E-state index in [4.69, 9.17) is 19.5 Å². The molecular formula is C24H38N7O17P3. The number of aromatic nitrogens is 4. The lowest BCUT2D eigenvalue weighted by atomic mass is 9.87. The van der Waals surface area contributed by atoms with Gasteiger partial charge in [0.25, 0.3) is 0 Å². The highest BCUT2D eigenvalue weighted by Crippen LogP contribution is 2.61. The normalized spacial score (nSPS) is 22.5. The van der Waals surface area contributed by atoms with Crippen LogP contribution in [-0.2, 0) is 50.7 Å². The van der Waals surface area contributed by atoms with E-state index in [1.807, 2.05) is 0 Å². The van der Waals surface area contributed by atoms with Crippen molar-refractivity contribution in [1.29, 1.82) is 0 Å². The maximum Gasteiger partial charge on any atom is 0.481 e. The summed E-state index contributed by atoms with van der Waals surface area (Å²) >= 11 is 0. The predicted molar refractivity (Wildman–Crippen MR) is 169 cm³/mol. The van der Waals surface area contributed by atoms with Crippen LogP contribution in [0, 0.1) is 5.41 Å². The van der Waals surface area contributed by atoms with Gasteiger partial charge in [-0.25, -0.2) is 28.6 Å². The van der Waals surface area contributed by atoms with Gasteiger partial charge in [0, 0.05) is 31.3 Å². The third-order valence-electron chi connectivity index (χ3n) is 7.00. The molecule has 0 radical (unpaired) electrons. The van der Waals surface area contributed by atoms with Crippen LogP contribution in [-0.4, -0.2) is 118 Å². The number of nitrogen functional groups attached to an aromatic ring is 1. The average Bonchev–Trinajstić information content (AvgIpc) is 3.58. The van der Waals surface area contributed by atoms with Crippen LogP contribution < -0.4 is 16.4 Å². The Morgan fingerprint density at radius 1 is 1.08 bits per heavy atom. The number of carbonyl (C=O) groups is 3. The Labute approximate surface area is 288 Å². The van der Waals surface area contributed by atoms with Crippen molar-refractivity contribution in [3.63, 3.8) is 0 Å². The molecule has 7 atom stereocenters. The van der Waals surface area contributed by atoms with Crippen LogP contribution in [0.4, 0.5) is 5.82 Å². The van der Waals surface area contributed by atoms with Crippen molar-refractivity contribution in [2.24, 2.45) is 5.41 Å². The molecule has 3 heterocycles. The van der Waals surface area contributed by atoms with Gasteiger partial charge in [-0.15, -0.1) is 0 Å². The zero-order valence-corrected chi connectivity index (χ0v) is 29.6. The van der Waals surface area contributed by atoms with Crippen LogP contribution in [0.2, 0.25) is 0 Å². The molecule has 7 unspecified atom stereocenters. The SMILES string of the molecule is C=CC(=O)CCNC(=O)CCNC(=O)C(O)C(C)(C)COP(=O)(O)OP(=O)(O)OCC1OC(n2cnc3c(N)ncnc32)C(O)C1OP(=O)(O)O. The average molecular weight is 790 g/mol. The fourth-order valence-corrected chi connectivity index (χ4v) is 7.20. The number of fused-ring (bicyclic) bond motifs is 1. The van der Waals surface area contributed by atoms with E-state index in [0.29, 0.717) is 0 Å². The Morgan fingerprint density at radius 3 is 2.37 bits per heavy atom. The van der Waals surface area contributed by atoms with Crippen LogP contribution in [0.1, 0.15) is 32.9 Å². The zero-order valence-electron chi connectivity index (χ0n) is 27.0. The Balaban J connectivity index is 1.56. The Hall–Kier alpha value is -3.05. The van der Waals surface area contributed by atoms with Crippen LogP contribution in [0.5, 0.6) is 0 Å². The molecule has 24 nitrogen and oxygen atoms in total. The molecule has 286 valence electrons. The molecule has 3 rings (SSSR count). The molecule has 51 heavy (non-hydrogen) atoms. The Morgan fingerprint density at radius 2 is 1.73 bits per heavy atom. The summed E-state index contributed by atoms with van der Waals surface area (Å²) < 4.78 is 61.8. The largest absolute Gasteiger partial charge is 0.481 e. The van der Waals surface area contributed by atoms with Gasteiger partial charge in [-0.05, 0) is 6.08 Å². The molecular weight excluding hydrogens is 751 g/mol. The lowest BCUT2D eigenvalue weighted by molar-refractivity contribution is -0.137. The maximum atomic E-state index is 12.6. The summed E-state index contributed by atoms with van der Waals surface area (Å²) in [5.74, 6) is -1.81. The van der Waals surface area contributed by atoms with E-state index in [9.17, 15) is 57.9 Å². The molecule has 0 aromatic carbocycles. The Kier molecular flexibility index (Phi) is 14.3. The summed E-state index contributed by atoms with van der Waals surface area (Å²) in [7, 11) is -16.4. The van der Waals surface area contributed by atoms with Gasteiger partial charge in [0.05, 0.1) is 19.5 Å². The second-order valence-electron chi connectivity index (χ2n) is 11.5. The summed E-state index contributed by atoms with van der Waals surface area (Å²) in [6, 6.07) is 0. The number of nitrogens with zero attached hydrogens (tertiary/aromatic N) is 4. The zero-order chi connectivity index (χ0) is 38.4. The number of ketones is 1. The van der Waals surface area contributed by atoms with E-state index in [-0.39, 0.29) is 48.7 Å². The first-order chi connectivity index (χ1) is 23.6. The summed E-state index contributed by atoms with van der Waals surface area (Å²) in [5.41, 5.74) is 4.24. The summed E-state index contributed by atoms with van der Waals surface area (Å²) in [5, 5.41) is 26.0. The number of phosphoric acid groups is 3. The van der Waals surface area contributed by atoms with Gasteiger partial charge in [-0.3, -0.25) is 32.5 Å². The third kappa shape index (κ3) is 12.3. The molecule has 1 aliphatic heterocycles. The van der Waals surface area contributed by atoms with Crippen molar-refractivity contribution in [3.05, 3.63) is 25.3 Å². The van der Waals surface area contributed by atoms with Gasteiger partial charge in [0.2, 0.25) is 11.8 Å². The first-order valence-corrected chi connectivity index (χ1v) is 19.1. The molecule has 0 bridgehead atoms. The molecule has 1 fully saturated rings. The fourth-order valence-electron chi connectivity index (χ4n) is 4.37. The highest BCUT2D eigenvalue weighted by Gasteiger charge is 2.50. The highest BCUT2D eigenvalue weighted by molar-refractivity contribution is 7.61. The topological polar surface area (TPSA) is 364 Å². The molecule has 2 amide bonds. The molecule has 0 aliphatic carbocycles. The number of carbonyl (C=O) groups excluding carboxylic acids is 3. The first kappa shape index (κ1) is 42.4. The molecule has 2 aromatic heterocycles. The van der Waals surface area contributed by atoms with Crippen molar-refractivity contribution in [3.8, 4) is 0 Å². The summed E-state index contributed by atoms with van der Waals surface area (Å²) in [4.78, 5) is 86.2. The van der Waals surface area contributed by atoms with E-state index >= 15 is 0 Å². The molecule has 2 aromatic rings. The number of amides is 2. The molecule has 10 N–H and O–H groups in total. The van der Waals surface area contributed by atoms with E-state index < -0.39 is 84.6 Å².